The number of likely N-dealkylation sites (N-methyl/N-ethyl adjacent to an activating group) is 1. The fourth-order valence-electron chi connectivity index (χ4n) is 3.98. The lowest BCUT2D eigenvalue weighted by Gasteiger charge is -2.31. The number of carbonyl (C=O) groups is 1. The van der Waals surface area contributed by atoms with Gasteiger partial charge in [0.15, 0.2) is 0 Å². The monoisotopic (exact) mass is 419 g/mol. The highest BCUT2D eigenvalue weighted by Gasteiger charge is 2.31. The Bertz CT molecular complexity index is 1070. The van der Waals surface area contributed by atoms with Gasteiger partial charge in [0.25, 0.3) is 0 Å². The molecule has 0 saturated carbocycles. The van der Waals surface area contributed by atoms with Gasteiger partial charge in [-0.15, -0.1) is 0 Å². The van der Waals surface area contributed by atoms with Gasteiger partial charge < -0.3 is 9.47 Å². The van der Waals surface area contributed by atoms with Crippen molar-refractivity contribution in [1.29, 1.82) is 0 Å². The minimum absolute atomic E-state index is 0.168. The van der Waals surface area contributed by atoms with Gasteiger partial charge in [-0.2, -0.15) is 0 Å². The molecule has 160 valence electrons. The first-order chi connectivity index (χ1) is 15.1. The predicted octanol–water partition coefficient (Wildman–Crippen LogP) is 5.31. The molecule has 0 fully saturated rings. The Morgan fingerprint density at radius 3 is 2.39 bits per heavy atom. The average Bonchev–Trinajstić information content (AvgIpc) is 2.81. The lowest BCUT2D eigenvalue weighted by atomic mass is 9.91. The summed E-state index contributed by atoms with van der Waals surface area (Å²) in [5, 5.41) is 0. The van der Waals surface area contributed by atoms with E-state index in [1.807, 2.05) is 36.4 Å². The summed E-state index contributed by atoms with van der Waals surface area (Å²) in [5.74, 6) is -0.0998. The maximum absolute atomic E-state index is 15.4. The van der Waals surface area contributed by atoms with Crippen molar-refractivity contribution in [3.05, 3.63) is 94.3 Å². The van der Waals surface area contributed by atoms with E-state index in [9.17, 15) is 4.79 Å². The molecule has 0 radical (unpaired) electrons. The minimum Gasteiger partial charge on any atom is -0.488 e. The molecule has 4 nitrogen and oxygen atoms in total. The van der Waals surface area contributed by atoms with E-state index in [2.05, 4.69) is 11.8 Å². The number of ether oxygens (including phenoxy) is 2. The topological polar surface area (TPSA) is 38.8 Å². The molecular formula is C26H26FNO3. The highest BCUT2D eigenvalue weighted by molar-refractivity contribution is 5.96. The summed E-state index contributed by atoms with van der Waals surface area (Å²) in [4.78, 5) is 15.3. The maximum Gasteiger partial charge on any atom is 0.347 e. The van der Waals surface area contributed by atoms with Crippen LogP contribution in [0.2, 0.25) is 0 Å². The number of fused-ring (bicyclic) bond motifs is 1. The number of rotatable bonds is 6. The summed E-state index contributed by atoms with van der Waals surface area (Å²) in [7, 11) is 0. The lowest BCUT2D eigenvalue weighted by Crippen LogP contribution is -2.32. The Morgan fingerprint density at radius 2 is 1.71 bits per heavy atom. The molecule has 1 aliphatic heterocycles. The number of benzene rings is 3. The molecule has 0 N–H and O–H groups in total. The molecule has 0 aromatic heterocycles. The standard InChI is InChI=1S/C26H26FNO3/c1-3-28-15-14-21-22(16-28)24(27)18(2)23(26(29)31-20-12-8-5-9-13-20)25(21)30-17-19-10-6-4-7-11-19/h4-13H,3,14-17H2,1-2H3. The molecule has 0 saturated heterocycles. The van der Waals surface area contributed by atoms with Crippen LogP contribution in [0, 0.1) is 12.7 Å². The Morgan fingerprint density at radius 1 is 1.03 bits per heavy atom. The van der Waals surface area contributed by atoms with Crippen molar-refractivity contribution in [2.75, 3.05) is 13.1 Å². The largest absolute Gasteiger partial charge is 0.488 e. The lowest BCUT2D eigenvalue weighted by molar-refractivity contribution is 0.0727. The van der Waals surface area contributed by atoms with Crippen molar-refractivity contribution in [3.8, 4) is 11.5 Å². The van der Waals surface area contributed by atoms with E-state index in [-0.39, 0.29) is 16.9 Å². The van der Waals surface area contributed by atoms with Crippen LogP contribution in [0.25, 0.3) is 0 Å². The second kappa shape index (κ2) is 9.31. The third kappa shape index (κ3) is 4.47. The molecule has 4 rings (SSSR count). The van der Waals surface area contributed by atoms with Crippen LogP contribution in [0.3, 0.4) is 0 Å². The van der Waals surface area contributed by atoms with Crippen molar-refractivity contribution in [1.82, 2.24) is 4.90 Å². The third-order valence-corrected chi connectivity index (χ3v) is 5.73. The highest BCUT2D eigenvalue weighted by Crippen LogP contribution is 2.37. The van der Waals surface area contributed by atoms with Crippen LogP contribution in [0.4, 0.5) is 4.39 Å². The number of halogens is 1. The smallest absolute Gasteiger partial charge is 0.347 e. The average molecular weight is 419 g/mol. The number of esters is 1. The van der Waals surface area contributed by atoms with Gasteiger partial charge in [-0.1, -0.05) is 55.5 Å². The van der Waals surface area contributed by atoms with Crippen LogP contribution < -0.4 is 9.47 Å². The van der Waals surface area contributed by atoms with Gasteiger partial charge in [-0.05, 0) is 37.6 Å². The van der Waals surface area contributed by atoms with Crippen molar-refractivity contribution in [2.24, 2.45) is 0 Å². The summed E-state index contributed by atoms with van der Waals surface area (Å²) in [6.07, 6.45) is 0.621. The number of hydrogen-bond acceptors (Lipinski definition) is 4. The van der Waals surface area contributed by atoms with Gasteiger partial charge >= 0.3 is 5.97 Å². The zero-order valence-corrected chi connectivity index (χ0v) is 17.9. The van der Waals surface area contributed by atoms with Crippen LogP contribution in [0.5, 0.6) is 11.5 Å². The van der Waals surface area contributed by atoms with E-state index < -0.39 is 5.97 Å². The Hall–Kier alpha value is -3.18. The van der Waals surface area contributed by atoms with Crippen LogP contribution in [-0.2, 0) is 19.6 Å². The summed E-state index contributed by atoms with van der Waals surface area (Å²) in [5.41, 5.74) is 2.79. The van der Waals surface area contributed by atoms with E-state index in [1.54, 1.807) is 31.2 Å². The molecule has 0 aliphatic carbocycles. The minimum atomic E-state index is -0.605. The molecule has 0 unspecified atom stereocenters. The molecule has 3 aromatic carbocycles. The van der Waals surface area contributed by atoms with Gasteiger partial charge in [-0.25, -0.2) is 9.18 Å². The first-order valence-corrected chi connectivity index (χ1v) is 10.6. The van der Waals surface area contributed by atoms with Crippen molar-refractivity contribution in [3.63, 3.8) is 0 Å². The molecule has 0 spiro atoms. The Balaban J connectivity index is 1.76. The quantitative estimate of drug-likeness (QED) is 0.401. The van der Waals surface area contributed by atoms with Gasteiger partial charge in [0.2, 0.25) is 0 Å². The van der Waals surface area contributed by atoms with Gasteiger partial charge in [0, 0.05) is 29.8 Å². The fourth-order valence-corrected chi connectivity index (χ4v) is 3.98. The van der Waals surface area contributed by atoms with Crippen LogP contribution >= 0.6 is 0 Å². The maximum atomic E-state index is 15.4. The van der Waals surface area contributed by atoms with Crippen LogP contribution in [0.15, 0.2) is 60.7 Å². The fraction of sp³-hybridized carbons (Fsp3) is 0.269. The van der Waals surface area contributed by atoms with E-state index in [4.69, 9.17) is 9.47 Å². The SMILES string of the molecule is CCN1CCc2c(c(F)c(C)c(C(=O)Oc3ccccc3)c2OCc2ccccc2)C1. The molecule has 1 heterocycles. The predicted molar refractivity (Wildman–Crippen MR) is 118 cm³/mol. The van der Waals surface area contributed by atoms with Crippen molar-refractivity contribution in [2.45, 2.75) is 33.4 Å². The number of carbonyl (C=O) groups excluding carboxylic acids is 1. The van der Waals surface area contributed by atoms with Gasteiger partial charge in [0.1, 0.15) is 29.5 Å². The molecule has 0 bridgehead atoms. The molecule has 1 aliphatic rings. The number of hydrogen-bond donors (Lipinski definition) is 0. The summed E-state index contributed by atoms with van der Waals surface area (Å²) < 4.78 is 27.2. The summed E-state index contributed by atoms with van der Waals surface area (Å²) >= 11 is 0. The molecule has 3 aromatic rings. The first-order valence-electron chi connectivity index (χ1n) is 10.6. The second-order valence-corrected chi connectivity index (χ2v) is 7.70. The van der Waals surface area contributed by atoms with E-state index in [1.165, 1.54) is 0 Å². The summed E-state index contributed by atoms with van der Waals surface area (Å²) in [6.45, 7) is 6.12. The Kier molecular flexibility index (Phi) is 6.33. The van der Waals surface area contributed by atoms with Crippen LogP contribution in [0.1, 0.15) is 39.5 Å². The third-order valence-electron chi connectivity index (χ3n) is 5.73. The molecular weight excluding hydrogens is 393 g/mol. The van der Waals surface area contributed by atoms with Gasteiger partial charge in [-0.3, -0.25) is 4.90 Å². The molecule has 31 heavy (non-hydrogen) atoms. The van der Waals surface area contributed by atoms with Gasteiger partial charge in [0.05, 0.1) is 0 Å². The second-order valence-electron chi connectivity index (χ2n) is 7.70. The van der Waals surface area contributed by atoms with E-state index >= 15 is 4.39 Å². The zero-order chi connectivity index (χ0) is 21.8. The molecule has 0 amide bonds. The van der Waals surface area contributed by atoms with E-state index in [0.29, 0.717) is 36.6 Å². The first kappa shape index (κ1) is 21.1. The zero-order valence-electron chi connectivity index (χ0n) is 17.9. The van der Waals surface area contributed by atoms with Crippen molar-refractivity contribution >= 4 is 5.97 Å². The van der Waals surface area contributed by atoms with Crippen molar-refractivity contribution < 1.29 is 18.7 Å². The normalized spacial score (nSPS) is 13.5. The number of para-hydroxylation sites is 1. The van der Waals surface area contributed by atoms with Crippen LogP contribution in [-0.4, -0.2) is 24.0 Å². The Labute approximate surface area is 182 Å². The molecule has 0 atom stereocenters. The highest BCUT2D eigenvalue weighted by atomic mass is 19.1. The van der Waals surface area contributed by atoms with E-state index in [0.717, 1.165) is 24.2 Å². The summed E-state index contributed by atoms with van der Waals surface area (Å²) in [6, 6.07) is 18.6. The molecule has 5 heteroatoms. The number of nitrogens with zero attached hydrogens (tertiary/aromatic N) is 1.